The highest BCUT2D eigenvalue weighted by Crippen LogP contribution is 2.45. The van der Waals surface area contributed by atoms with Crippen LogP contribution >= 0.6 is 15.6 Å². The summed E-state index contributed by atoms with van der Waals surface area (Å²) in [7, 11) is -9.91. The number of rotatable bonds is 80. The van der Waals surface area contributed by atoms with Crippen molar-refractivity contribution >= 4 is 39.5 Å². The van der Waals surface area contributed by atoms with Crippen molar-refractivity contribution in [2.75, 3.05) is 39.6 Å². The van der Waals surface area contributed by atoms with Crippen molar-refractivity contribution in [2.45, 2.75) is 444 Å². The number of phosphoric ester groups is 2. The third kappa shape index (κ3) is 72.4. The molecule has 0 aromatic rings. The smallest absolute Gasteiger partial charge is 0.462 e. The fourth-order valence-corrected chi connectivity index (χ4v) is 13.9. The standard InChI is InChI=1S/C79H154O17P2/c1-5-9-13-17-21-25-29-33-34-35-36-37-38-39-42-46-50-54-58-62-66-79(84)96-75(70-90-77(82)64-60-56-52-48-44-40-30-26-22-18-14-10-6-2)72-94-98(87,88)92-68-73(80)67-91-97(85,86)93-71-74(69-89-76(81)63-59-55-51-47-43-32-28-24-20-16-12-8-4)95-78(83)65-61-57-53-49-45-41-31-27-23-19-15-11-7-3/h73-75,80H,5-72H2,1-4H3,(H,85,86)(H,87,88)/t73-,74+,75+/m0/s1. The summed E-state index contributed by atoms with van der Waals surface area (Å²) in [5, 5.41) is 10.6. The lowest BCUT2D eigenvalue weighted by molar-refractivity contribution is -0.161. The SMILES string of the molecule is CCCCCCCCCCCCCCCCCCCCCCC(=O)O[C@H](COC(=O)CCCCCCCCCCCCCCC)COP(=O)(O)OC[C@@H](O)COP(=O)(O)OC[C@@H](COC(=O)CCCCCCCCCCCCCC)OC(=O)CCCCCCCCCCCCCCC. The molecule has 0 heterocycles. The molecule has 5 atom stereocenters. The molecule has 0 fully saturated rings. The van der Waals surface area contributed by atoms with E-state index >= 15 is 0 Å². The minimum absolute atomic E-state index is 0.109. The summed E-state index contributed by atoms with van der Waals surface area (Å²) < 4.78 is 68.7. The average molecular weight is 1440 g/mol. The number of aliphatic hydroxyl groups is 1. The Kier molecular flexibility index (Phi) is 71.9. The Morgan fingerprint density at radius 1 is 0.245 bits per heavy atom. The molecule has 0 aliphatic heterocycles. The van der Waals surface area contributed by atoms with Gasteiger partial charge in [-0.05, 0) is 25.7 Å². The summed E-state index contributed by atoms with van der Waals surface area (Å²) in [5.74, 6) is -2.10. The summed E-state index contributed by atoms with van der Waals surface area (Å²) in [6.45, 7) is 5.02. The van der Waals surface area contributed by atoms with Crippen LogP contribution in [0.2, 0.25) is 0 Å². The van der Waals surface area contributed by atoms with Gasteiger partial charge in [-0.15, -0.1) is 0 Å². The fourth-order valence-electron chi connectivity index (χ4n) is 12.3. The molecular weight excluding hydrogens is 1280 g/mol. The lowest BCUT2D eigenvalue weighted by Gasteiger charge is -2.21. The Morgan fingerprint density at radius 3 is 0.602 bits per heavy atom. The van der Waals surface area contributed by atoms with Gasteiger partial charge < -0.3 is 33.8 Å². The highest BCUT2D eigenvalue weighted by Gasteiger charge is 2.30. The lowest BCUT2D eigenvalue weighted by Crippen LogP contribution is -2.30. The molecule has 0 radical (unpaired) electrons. The van der Waals surface area contributed by atoms with Crippen LogP contribution in [0.5, 0.6) is 0 Å². The van der Waals surface area contributed by atoms with E-state index in [-0.39, 0.29) is 25.7 Å². The van der Waals surface area contributed by atoms with Crippen molar-refractivity contribution in [1.29, 1.82) is 0 Å². The molecule has 0 amide bonds. The predicted octanol–water partition coefficient (Wildman–Crippen LogP) is 23.8. The van der Waals surface area contributed by atoms with Gasteiger partial charge in [0, 0.05) is 25.7 Å². The van der Waals surface area contributed by atoms with E-state index in [1.54, 1.807) is 0 Å². The van der Waals surface area contributed by atoms with E-state index in [9.17, 15) is 43.2 Å². The van der Waals surface area contributed by atoms with E-state index in [0.717, 1.165) is 89.9 Å². The maximum Gasteiger partial charge on any atom is 0.472 e. The number of carbonyl (C=O) groups excluding carboxylic acids is 4. The second kappa shape index (κ2) is 73.4. The Hall–Kier alpha value is -1.94. The van der Waals surface area contributed by atoms with Crippen molar-refractivity contribution in [3.8, 4) is 0 Å². The Balaban J connectivity index is 5.22. The summed E-state index contributed by atoms with van der Waals surface area (Å²) in [4.78, 5) is 72.9. The van der Waals surface area contributed by atoms with E-state index in [0.29, 0.717) is 25.7 Å². The second-order valence-electron chi connectivity index (χ2n) is 28.5. The van der Waals surface area contributed by atoms with Gasteiger partial charge in [0.1, 0.15) is 19.3 Å². The van der Waals surface area contributed by atoms with Crippen LogP contribution < -0.4 is 0 Å². The number of carbonyl (C=O) groups is 4. The third-order valence-corrected chi connectivity index (χ3v) is 20.5. The number of hydrogen-bond donors (Lipinski definition) is 3. The molecule has 19 heteroatoms. The Morgan fingerprint density at radius 2 is 0.408 bits per heavy atom. The zero-order valence-electron chi connectivity index (χ0n) is 63.8. The monoisotopic (exact) mass is 1440 g/mol. The van der Waals surface area contributed by atoms with Crippen molar-refractivity contribution in [1.82, 2.24) is 0 Å². The topological polar surface area (TPSA) is 237 Å². The Labute approximate surface area is 600 Å². The number of unbranched alkanes of at least 4 members (excludes halogenated alkanes) is 54. The normalized spacial score (nSPS) is 13.8. The van der Waals surface area contributed by atoms with E-state index in [2.05, 4.69) is 27.7 Å². The molecule has 0 aliphatic carbocycles. The molecule has 17 nitrogen and oxygen atoms in total. The van der Waals surface area contributed by atoms with E-state index in [1.807, 2.05) is 0 Å². The molecule has 0 saturated carbocycles. The van der Waals surface area contributed by atoms with E-state index in [1.165, 1.54) is 257 Å². The molecule has 0 bridgehead atoms. The van der Waals surface area contributed by atoms with Crippen LogP contribution in [0.3, 0.4) is 0 Å². The number of esters is 4. The molecule has 0 spiro atoms. The number of aliphatic hydroxyl groups excluding tert-OH is 1. The summed E-state index contributed by atoms with van der Waals surface area (Å²) >= 11 is 0. The van der Waals surface area contributed by atoms with Gasteiger partial charge in [-0.1, -0.05) is 374 Å². The number of ether oxygens (including phenoxy) is 4. The molecule has 582 valence electrons. The van der Waals surface area contributed by atoms with Crippen molar-refractivity contribution in [2.24, 2.45) is 0 Å². The quantitative estimate of drug-likeness (QED) is 0.0222. The second-order valence-corrected chi connectivity index (χ2v) is 31.4. The minimum atomic E-state index is -4.96. The molecule has 0 aromatic heterocycles. The van der Waals surface area contributed by atoms with Crippen molar-refractivity contribution in [3.63, 3.8) is 0 Å². The molecule has 2 unspecified atom stereocenters. The van der Waals surface area contributed by atoms with E-state index < -0.39 is 97.5 Å². The first-order chi connectivity index (χ1) is 47.7. The fraction of sp³-hybridized carbons (Fsp3) is 0.949. The molecule has 0 rings (SSSR count). The maximum atomic E-state index is 13.1. The third-order valence-electron chi connectivity index (χ3n) is 18.6. The van der Waals surface area contributed by atoms with Gasteiger partial charge in [-0.2, -0.15) is 0 Å². The van der Waals surface area contributed by atoms with Crippen LogP contribution in [0.15, 0.2) is 0 Å². The van der Waals surface area contributed by atoms with Crippen molar-refractivity contribution < 1.29 is 80.2 Å². The first-order valence-electron chi connectivity index (χ1n) is 41.3. The van der Waals surface area contributed by atoms with E-state index in [4.69, 9.17) is 37.0 Å². The largest absolute Gasteiger partial charge is 0.472 e. The van der Waals surface area contributed by atoms with Gasteiger partial charge >= 0.3 is 39.5 Å². The molecular formula is C79H154O17P2. The number of phosphoric acid groups is 2. The first kappa shape index (κ1) is 96.1. The van der Waals surface area contributed by atoms with Gasteiger partial charge in [0.15, 0.2) is 12.2 Å². The van der Waals surface area contributed by atoms with Gasteiger partial charge in [0.05, 0.1) is 26.4 Å². The minimum Gasteiger partial charge on any atom is -0.462 e. The van der Waals surface area contributed by atoms with Gasteiger partial charge in [-0.25, -0.2) is 9.13 Å². The zero-order valence-corrected chi connectivity index (χ0v) is 65.6. The molecule has 3 N–H and O–H groups in total. The predicted molar refractivity (Wildman–Crippen MR) is 400 cm³/mol. The molecule has 0 aliphatic rings. The summed E-state index contributed by atoms with van der Waals surface area (Å²) in [6.07, 6.45) is 65.1. The molecule has 0 aromatic carbocycles. The van der Waals surface area contributed by atoms with Crippen LogP contribution in [0.1, 0.15) is 426 Å². The lowest BCUT2D eigenvalue weighted by atomic mass is 10.0. The molecule has 0 saturated heterocycles. The van der Waals surface area contributed by atoms with Crippen LogP contribution in [0, 0.1) is 0 Å². The van der Waals surface area contributed by atoms with Gasteiger partial charge in [0.25, 0.3) is 0 Å². The highest BCUT2D eigenvalue weighted by atomic mass is 31.2. The van der Waals surface area contributed by atoms with Crippen LogP contribution in [-0.4, -0.2) is 96.7 Å². The zero-order chi connectivity index (χ0) is 71.8. The number of hydrogen-bond acceptors (Lipinski definition) is 15. The molecule has 98 heavy (non-hydrogen) atoms. The maximum absolute atomic E-state index is 13.1. The van der Waals surface area contributed by atoms with Crippen LogP contribution in [-0.2, 0) is 65.4 Å². The first-order valence-corrected chi connectivity index (χ1v) is 44.3. The van der Waals surface area contributed by atoms with Crippen molar-refractivity contribution in [3.05, 3.63) is 0 Å². The average Bonchev–Trinajstić information content (AvgIpc) is 0.965. The summed E-state index contributed by atoms with van der Waals surface area (Å²) in [5.41, 5.74) is 0. The van der Waals surface area contributed by atoms with Crippen LogP contribution in [0.25, 0.3) is 0 Å². The van der Waals surface area contributed by atoms with Crippen LogP contribution in [0.4, 0.5) is 0 Å². The Bertz CT molecular complexity index is 1860. The summed E-state index contributed by atoms with van der Waals surface area (Å²) in [6, 6.07) is 0. The van der Waals surface area contributed by atoms with Gasteiger partial charge in [-0.3, -0.25) is 37.3 Å². The highest BCUT2D eigenvalue weighted by molar-refractivity contribution is 7.47. The van der Waals surface area contributed by atoms with Gasteiger partial charge in [0.2, 0.25) is 0 Å².